The summed E-state index contributed by atoms with van der Waals surface area (Å²) in [7, 11) is 0. The van der Waals surface area contributed by atoms with Crippen LogP contribution in [0.5, 0.6) is 0 Å². The van der Waals surface area contributed by atoms with Gasteiger partial charge in [-0.1, -0.05) is 29.5 Å². The van der Waals surface area contributed by atoms with Crippen LogP contribution in [-0.2, 0) is 22.6 Å². The minimum atomic E-state index is -0.492. The molecule has 1 aromatic carbocycles. The summed E-state index contributed by atoms with van der Waals surface area (Å²) in [6.07, 6.45) is 2.29. The molecule has 10 heteroatoms. The van der Waals surface area contributed by atoms with Gasteiger partial charge in [0.25, 0.3) is 0 Å². The fourth-order valence-electron chi connectivity index (χ4n) is 3.22. The Morgan fingerprint density at radius 1 is 1.27 bits per heavy atom. The average Bonchev–Trinajstić information content (AvgIpc) is 3.44. The van der Waals surface area contributed by atoms with E-state index in [4.69, 9.17) is 15.4 Å². The van der Waals surface area contributed by atoms with Gasteiger partial charge in [-0.15, -0.1) is 10.2 Å². The Hall–Kier alpha value is -3.58. The number of aryl methyl sites for hydroxylation is 2. The second-order valence-electron chi connectivity index (χ2n) is 7.52. The summed E-state index contributed by atoms with van der Waals surface area (Å²) in [5.41, 5.74) is 7.13. The summed E-state index contributed by atoms with van der Waals surface area (Å²) < 4.78 is 7.30. The number of thioether (sulfide) groups is 1. The van der Waals surface area contributed by atoms with E-state index in [2.05, 4.69) is 16.3 Å². The Balaban J connectivity index is 1.82. The van der Waals surface area contributed by atoms with Gasteiger partial charge < -0.3 is 15.1 Å². The molecule has 9 nitrogen and oxygen atoms in total. The monoisotopic (exact) mass is 466 g/mol. The van der Waals surface area contributed by atoms with Crippen molar-refractivity contribution in [3.8, 4) is 6.07 Å². The molecule has 2 N–H and O–H groups in total. The van der Waals surface area contributed by atoms with Gasteiger partial charge in [-0.25, -0.2) is 0 Å². The molecule has 1 unspecified atom stereocenters. The highest BCUT2D eigenvalue weighted by molar-refractivity contribution is 8.00. The molecule has 0 aliphatic rings. The van der Waals surface area contributed by atoms with Gasteiger partial charge in [0.1, 0.15) is 11.6 Å². The van der Waals surface area contributed by atoms with Crippen LogP contribution in [0.2, 0.25) is 0 Å². The lowest BCUT2D eigenvalue weighted by atomic mass is 10.2. The van der Waals surface area contributed by atoms with Crippen molar-refractivity contribution in [1.82, 2.24) is 14.8 Å². The Labute approximate surface area is 196 Å². The first kappa shape index (κ1) is 24.1. The molecule has 2 aromatic heterocycles. The van der Waals surface area contributed by atoms with Crippen LogP contribution in [0.25, 0.3) is 0 Å². The molecule has 2 amide bonds. The summed E-state index contributed by atoms with van der Waals surface area (Å²) in [4.78, 5) is 26.2. The van der Waals surface area contributed by atoms with E-state index in [1.54, 1.807) is 24.2 Å². The third-order valence-corrected chi connectivity index (χ3v) is 6.04. The van der Waals surface area contributed by atoms with Crippen LogP contribution in [0.1, 0.15) is 36.9 Å². The van der Waals surface area contributed by atoms with Crippen LogP contribution in [-0.4, -0.2) is 38.4 Å². The molecule has 0 saturated carbocycles. The van der Waals surface area contributed by atoms with Gasteiger partial charge >= 0.3 is 0 Å². The van der Waals surface area contributed by atoms with E-state index in [0.717, 1.165) is 11.3 Å². The van der Waals surface area contributed by atoms with Gasteiger partial charge in [0.2, 0.25) is 11.8 Å². The fourth-order valence-corrected chi connectivity index (χ4v) is 4.15. The van der Waals surface area contributed by atoms with Crippen LogP contribution >= 0.6 is 11.8 Å². The van der Waals surface area contributed by atoms with Crippen molar-refractivity contribution in [3.63, 3.8) is 0 Å². The zero-order valence-electron chi connectivity index (χ0n) is 18.6. The van der Waals surface area contributed by atoms with Crippen molar-refractivity contribution in [2.75, 3.05) is 11.4 Å². The van der Waals surface area contributed by atoms with Crippen molar-refractivity contribution in [2.24, 2.45) is 5.73 Å². The molecule has 0 aliphatic carbocycles. The Morgan fingerprint density at radius 3 is 2.67 bits per heavy atom. The summed E-state index contributed by atoms with van der Waals surface area (Å²) in [5.74, 6) is 0.732. The lowest BCUT2D eigenvalue weighted by Crippen LogP contribution is -2.37. The number of nitrogens with zero attached hydrogens (tertiary/aromatic N) is 5. The van der Waals surface area contributed by atoms with Crippen LogP contribution in [0, 0.1) is 18.3 Å². The first-order valence-electron chi connectivity index (χ1n) is 10.5. The molecular weight excluding hydrogens is 440 g/mol. The van der Waals surface area contributed by atoms with Crippen LogP contribution < -0.4 is 10.6 Å². The molecule has 0 fully saturated rings. The number of benzene rings is 1. The molecule has 0 saturated heterocycles. The predicted octanol–water partition coefficient (Wildman–Crippen LogP) is 3.07. The fraction of sp³-hybridized carbons (Fsp3) is 0.348. The lowest BCUT2D eigenvalue weighted by molar-refractivity contribution is -0.118. The van der Waals surface area contributed by atoms with Gasteiger partial charge in [0, 0.05) is 25.1 Å². The van der Waals surface area contributed by atoms with Gasteiger partial charge in [0.15, 0.2) is 5.16 Å². The zero-order valence-corrected chi connectivity index (χ0v) is 19.4. The maximum atomic E-state index is 13.3. The predicted molar refractivity (Wildman–Crippen MR) is 124 cm³/mol. The van der Waals surface area contributed by atoms with E-state index < -0.39 is 11.2 Å². The SMILES string of the molecule is Cc1ccc(N(CCC#N)C(=O)C(C)Sc2nnc(CCC(N)=O)n2Cc2ccco2)cc1. The Kier molecular flexibility index (Phi) is 8.27. The molecule has 0 radical (unpaired) electrons. The number of nitrogens with two attached hydrogens (primary N) is 1. The molecular formula is C23H26N6O3S. The van der Waals surface area contributed by atoms with Crippen molar-refractivity contribution in [3.05, 3.63) is 59.8 Å². The Bertz CT molecular complexity index is 1120. The van der Waals surface area contributed by atoms with E-state index in [-0.39, 0.29) is 18.7 Å². The third kappa shape index (κ3) is 6.46. The minimum absolute atomic E-state index is 0.134. The highest BCUT2D eigenvalue weighted by atomic mass is 32.2. The van der Waals surface area contributed by atoms with Crippen LogP contribution in [0.15, 0.2) is 52.2 Å². The summed E-state index contributed by atoms with van der Waals surface area (Å²) in [6, 6.07) is 13.4. The average molecular weight is 467 g/mol. The van der Waals surface area contributed by atoms with Gasteiger partial charge in [0.05, 0.1) is 30.5 Å². The molecule has 0 aliphatic heterocycles. The summed E-state index contributed by atoms with van der Waals surface area (Å²) in [6.45, 7) is 4.45. The molecule has 33 heavy (non-hydrogen) atoms. The van der Waals surface area contributed by atoms with Crippen molar-refractivity contribution in [1.29, 1.82) is 5.26 Å². The van der Waals surface area contributed by atoms with E-state index in [9.17, 15) is 9.59 Å². The zero-order chi connectivity index (χ0) is 23.8. The molecule has 1 atom stereocenters. The number of anilines is 1. The topological polar surface area (TPSA) is 131 Å². The van der Waals surface area contributed by atoms with E-state index in [0.29, 0.717) is 36.3 Å². The van der Waals surface area contributed by atoms with Crippen molar-refractivity contribution < 1.29 is 14.0 Å². The van der Waals surface area contributed by atoms with Crippen LogP contribution in [0.3, 0.4) is 0 Å². The first-order chi connectivity index (χ1) is 15.9. The molecule has 2 heterocycles. The number of aromatic nitrogens is 3. The number of hydrogen-bond donors (Lipinski definition) is 1. The standard InChI is InChI=1S/C23H26N6O3S/c1-16-6-8-18(9-7-16)28(13-4-12-24)22(31)17(2)33-23-27-26-21(11-10-20(25)30)29(23)15-19-5-3-14-32-19/h3,5-9,14,17H,4,10-11,13,15H2,1-2H3,(H2,25,30). The smallest absolute Gasteiger partial charge is 0.240 e. The summed E-state index contributed by atoms with van der Waals surface area (Å²) in [5, 5.41) is 17.6. The third-order valence-electron chi connectivity index (χ3n) is 4.97. The van der Waals surface area contributed by atoms with Gasteiger partial charge in [-0.2, -0.15) is 5.26 Å². The number of hydrogen-bond acceptors (Lipinski definition) is 7. The maximum absolute atomic E-state index is 13.3. The van der Waals surface area contributed by atoms with Gasteiger partial charge in [-0.3, -0.25) is 14.2 Å². The number of furan rings is 1. The number of amides is 2. The second kappa shape index (κ2) is 11.3. The van der Waals surface area contributed by atoms with E-state index in [1.807, 2.05) is 41.8 Å². The minimum Gasteiger partial charge on any atom is -0.467 e. The van der Waals surface area contributed by atoms with Gasteiger partial charge in [-0.05, 0) is 38.1 Å². The summed E-state index contributed by atoms with van der Waals surface area (Å²) >= 11 is 1.27. The van der Waals surface area contributed by atoms with Crippen molar-refractivity contribution in [2.45, 2.75) is 50.1 Å². The molecule has 0 spiro atoms. The maximum Gasteiger partial charge on any atom is 0.240 e. The number of carbonyl (C=O) groups is 2. The quantitative estimate of drug-likeness (QED) is 0.430. The number of primary amides is 1. The molecule has 172 valence electrons. The highest BCUT2D eigenvalue weighted by Crippen LogP contribution is 2.27. The first-order valence-corrected chi connectivity index (χ1v) is 11.4. The number of carbonyl (C=O) groups excluding carboxylic acids is 2. The molecule has 3 aromatic rings. The second-order valence-corrected chi connectivity index (χ2v) is 8.83. The van der Waals surface area contributed by atoms with E-state index >= 15 is 0 Å². The molecule has 3 rings (SSSR count). The number of nitriles is 1. The Morgan fingerprint density at radius 2 is 2.03 bits per heavy atom. The lowest BCUT2D eigenvalue weighted by Gasteiger charge is -2.25. The van der Waals surface area contributed by atoms with Crippen molar-refractivity contribution >= 4 is 29.3 Å². The number of rotatable bonds is 11. The molecule has 0 bridgehead atoms. The van der Waals surface area contributed by atoms with Crippen LogP contribution in [0.4, 0.5) is 5.69 Å². The highest BCUT2D eigenvalue weighted by Gasteiger charge is 2.26. The normalized spacial score (nSPS) is 11.7. The van der Waals surface area contributed by atoms with E-state index in [1.165, 1.54) is 11.8 Å². The largest absolute Gasteiger partial charge is 0.467 e.